The van der Waals surface area contributed by atoms with Gasteiger partial charge in [0, 0.05) is 54.9 Å². The molecular formula is C23H20ClFN4O. The number of H-pyrrole nitrogens is 1. The van der Waals surface area contributed by atoms with Crippen molar-refractivity contribution in [2.75, 3.05) is 31.1 Å². The molecule has 0 bridgehead atoms. The Morgan fingerprint density at radius 1 is 1.07 bits per heavy atom. The molecule has 1 N–H and O–H groups in total. The van der Waals surface area contributed by atoms with E-state index in [1.54, 1.807) is 18.2 Å². The second-order valence-corrected chi connectivity index (χ2v) is 7.90. The number of anilines is 1. The fraction of sp³-hybridized carbons (Fsp3) is 0.217. The number of piperazine rings is 1. The Kier molecular flexibility index (Phi) is 4.79. The highest BCUT2D eigenvalue weighted by Crippen LogP contribution is 2.30. The van der Waals surface area contributed by atoms with Crippen molar-refractivity contribution in [3.63, 3.8) is 0 Å². The van der Waals surface area contributed by atoms with Crippen LogP contribution in [-0.4, -0.2) is 47.0 Å². The van der Waals surface area contributed by atoms with Crippen LogP contribution in [0.3, 0.4) is 0 Å². The van der Waals surface area contributed by atoms with Gasteiger partial charge in [-0.25, -0.2) is 4.39 Å². The SMILES string of the molecule is O=C(Cc1c[nH]c2ccccc12)N1CCN(c2ccc3c(Cl)ccnc3c2F)CC1. The van der Waals surface area contributed by atoms with Crippen LogP contribution in [0.2, 0.25) is 5.02 Å². The van der Waals surface area contributed by atoms with Gasteiger partial charge in [0.1, 0.15) is 5.52 Å². The van der Waals surface area contributed by atoms with Crippen LogP contribution in [0.25, 0.3) is 21.8 Å². The molecule has 0 unspecified atom stereocenters. The van der Waals surface area contributed by atoms with Crippen molar-refractivity contribution in [3.05, 3.63) is 71.3 Å². The number of pyridine rings is 1. The van der Waals surface area contributed by atoms with E-state index in [-0.39, 0.29) is 17.2 Å². The zero-order valence-electron chi connectivity index (χ0n) is 16.2. The highest BCUT2D eigenvalue weighted by atomic mass is 35.5. The number of aromatic amines is 1. The summed E-state index contributed by atoms with van der Waals surface area (Å²) in [6.07, 6.45) is 3.77. The molecule has 1 aliphatic rings. The molecule has 3 heterocycles. The van der Waals surface area contributed by atoms with Crippen LogP contribution in [0.1, 0.15) is 5.56 Å². The highest BCUT2D eigenvalue weighted by Gasteiger charge is 2.24. The molecule has 5 rings (SSSR count). The second kappa shape index (κ2) is 7.61. The van der Waals surface area contributed by atoms with Crippen molar-refractivity contribution >= 4 is 45.0 Å². The van der Waals surface area contributed by atoms with Gasteiger partial charge < -0.3 is 14.8 Å². The van der Waals surface area contributed by atoms with E-state index in [0.717, 1.165) is 16.5 Å². The standard InChI is InChI=1S/C23H20ClFN4O/c24-18-7-8-26-23-17(18)5-6-20(22(23)25)28-9-11-29(12-10-28)21(30)13-15-14-27-19-4-2-1-3-16(15)19/h1-8,14,27H,9-13H2. The van der Waals surface area contributed by atoms with Gasteiger partial charge >= 0.3 is 0 Å². The Morgan fingerprint density at radius 2 is 1.87 bits per heavy atom. The lowest BCUT2D eigenvalue weighted by Crippen LogP contribution is -2.49. The molecular weight excluding hydrogens is 403 g/mol. The van der Waals surface area contributed by atoms with Crippen LogP contribution in [0, 0.1) is 5.82 Å². The average Bonchev–Trinajstić information content (AvgIpc) is 3.18. The first kappa shape index (κ1) is 18.9. The molecule has 1 fully saturated rings. The predicted octanol–water partition coefficient (Wildman–Crippen LogP) is 4.40. The number of amides is 1. The average molecular weight is 423 g/mol. The zero-order chi connectivity index (χ0) is 20.7. The number of halogens is 2. The van der Waals surface area contributed by atoms with Gasteiger partial charge in [0.2, 0.25) is 5.91 Å². The maximum Gasteiger partial charge on any atom is 0.227 e. The first-order valence-corrected chi connectivity index (χ1v) is 10.3. The van der Waals surface area contributed by atoms with Crippen molar-refractivity contribution in [3.8, 4) is 0 Å². The molecule has 30 heavy (non-hydrogen) atoms. The topological polar surface area (TPSA) is 52.2 Å². The quantitative estimate of drug-likeness (QED) is 0.532. The van der Waals surface area contributed by atoms with Gasteiger partial charge in [-0.1, -0.05) is 29.8 Å². The Labute approximate surface area is 178 Å². The number of hydrogen-bond acceptors (Lipinski definition) is 3. The van der Waals surface area contributed by atoms with Gasteiger partial charge in [-0.3, -0.25) is 9.78 Å². The lowest BCUT2D eigenvalue weighted by molar-refractivity contribution is -0.130. The molecule has 7 heteroatoms. The Balaban J connectivity index is 1.29. The number of nitrogens with zero attached hydrogens (tertiary/aromatic N) is 3. The lowest BCUT2D eigenvalue weighted by atomic mass is 10.1. The number of fused-ring (bicyclic) bond motifs is 2. The summed E-state index contributed by atoms with van der Waals surface area (Å²) in [5.41, 5.74) is 2.81. The molecule has 1 saturated heterocycles. The summed E-state index contributed by atoms with van der Waals surface area (Å²) in [6, 6.07) is 13.2. The largest absolute Gasteiger partial charge is 0.366 e. The van der Waals surface area contributed by atoms with Crippen LogP contribution in [0.5, 0.6) is 0 Å². The van der Waals surface area contributed by atoms with E-state index in [1.165, 1.54) is 6.20 Å². The second-order valence-electron chi connectivity index (χ2n) is 7.49. The molecule has 1 aliphatic heterocycles. The summed E-state index contributed by atoms with van der Waals surface area (Å²) in [5.74, 6) is -0.277. The van der Waals surface area contributed by atoms with Gasteiger partial charge in [0.05, 0.1) is 17.1 Å². The summed E-state index contributed by atoms with van der Waals surface area (Å²) in [4.78, 5) is 24.0. The van der Waals surface area contributed by atoms with Gasteiger partial charge in [-0.05, 0) is 29.8 Å². The van der Waals surface area contributed by atoms with Gasteiger partial charge in [-0.2, -0.15) is 0 Å². The van der Waals surface area contributed by atoms with Crippen molar-refractivity contribution in [1.29, 1.82) is 0 Å². The first-order chi connectivity index (χ1) is 14.6. The summed E-state index contributed by atoms with van der Waals surface area (Å²) in [6.45, 7) is 2.26. The van der Waals surface area contributed by atoms with Crippen molar-refractivity contribution in [2.24, 2.45) is 0 Å². The summed E-state index contributed by atoms with van der Waals surface area (Å²) in [5, 5.41) is 2.17. The number of carbonyl (C=O) groups excluding carboxylic acids is 1. The maximum atomic E-state index is 15.0. The zero-order valence-corrected chi connectivity index (χ0v) is 17.0. The van der Waals surface area contributed by atoms with Crippen molar-refractivity contribution < 1.29 is 9.18 Å². The predicted molar refractivity (Wildman–Crippen MR) is 118 cm³/mol. The summed E-state index contributed by atoms with van der Waals surface area (Å²) in [7, 11) is 0. The Hall–Kier alpha value is -3.12. The van der Waals surface area contributed by atoms with E-state index in [1.807, 2.05) is 40.3 Å². The molecule has 0 spiro atoms. The summed E-state index contributed by atoms with van der Waals surface area (Å²) >= 11 is 6.15. The Morgan fingerprint density at radius 3 is 2.70 bits per heavy atom. The molecule has 0 aliphatic carbocycles. The Bertz CT molecular complexity index is 1250. The number of benzene rings is 2. The van der Waals surface area contributed by atoms with Crippen LogP contribution < -0.4 is 4.90 Å². The van der Waals surface area contributed by atoms with E-state index in [0.29, 0.717) is 48.7 Å². The van der Waals surface area contributed by atoms with Crippen LogP contribution in [-0.2, 0) is 11.2 Å². The number of para-hydroxylation sites is 1. The molecule has 0 radical (unpaired) electrons. The van der Waals surface area contributed by atoms with E-state index in [4.69, 9.17) is 11.6 Å². The van der Waals surface area contributed by atoms with Gasteiger partial charge in [0.15, 0.2) is 5.82 Å². The number of rotatable bonds is 3. The van der Waals surface area contributed by atoms with E-state index in [9.17, 15) is 4.79 Å². The van der Waals surface area contributed by atoms with E-state index < -0.39 is 0 Å². The number of hydrogen-bond donors (Lipinski definition) is 1. The number of aromatic nitrogens is 2. The van der Waals surface area contributed by atoms with Crippen LogP contribution in [0.15, 0.2) is 54.9 Å². The molecule has 2 aromatic carbocycles. The molecule has 0 saturated carbocycles. The normalized spacial score (nSPS) is 14.6. The van der Waals surface area contributed by atoms with Crippen LogP contribution >= 0.6 is 11.6 Å². The molecule has 2 aromatic heterocycles. The minimum absolute atomic E-state index is 0.0897. The molecule has 5 nitrogen and oxygen atoms in total. The van der Waals surface area contributed by atoms with Crippen molar-refractivity contribution in [1.82, 2.24) is 14.9 Å². The molecule has 0 atom stereocenters. The maximum absolute atomic E-state index is 15.0. The van der Waals surface area contributed by atoms with E-state index >= 15 is 4.39 Å². The molecule has 152 valence electrons. The van der Waals surface area contributed by atoms with Gasteiger partial charge in [-0.15, -0.1) is 0 Å². The fourth-order valence-corrected chi connectivity index (χ4v) is 4.34. The minimum atomic E-state index is -0.367. The van der Waals surface area contributed by atoms with E-state index in [2.05, 4.69) is 9.97 Å². The molecule has 4 aromatic rings. The highest BCUT2D eigenvalue weighted by molar-refractivity contribution is 6.35. The smallest absolute Gasteiger partial charge is 0.227 e. The summed E-state index contributed by atoms with van der Waals surface area (Å²) < 4.78 is 15.0. The fourth-order valence-electron chi connectivity index (χ4n) is 4.13. The lowest BCUT2D eigenvalue weighted by Gasteiger charge is -2.36. The minimum Gasteiger partial charge on any atom is -0.366 e. The number of nitrogens with one attached hydrogen (secondary N) is 1. The van der Waals surface area contributed by atoms with Crippen LogP contribution in [0.4, 0.5) is 10.1 Å². The third-order valence-corrected chi connectivity index (χ3v) is 6.10. The monoisotopic (exact) mass is 422 g/mol. The number of carbonyl (C=O) groups is 1. The first-order valence-electron chi connectivity index (χ1n) is 9.92. The van der Waals surface area contributed by atoms with Crippen molar-refractivity contribution in [2.45, 2.75) is 6.42 Å². The van der Waals surface area contributed by atoms with Gasteiger partial charge in [0.25, 0.3) is 0 Å². The molecule has 1 amide bonds. The third kappa shape index (κ3) is 3.27. The third-order valence-electron chi connectivity index (χ3n) is 5.77.